The minimum atomic E-state index is -0.472. The van der Waals surface area contributed by atoms with E-state index < -0.39 is 11.2 Å². The van der Waals surface area contributed by atoms with Crippen LogP contribution >= 0.6 is 0 Å². The number of fused-ring (bicyclic) bond motifs is 1. The summed E-state index contributed by atoms with van der Waals surface area (Å²) >= 11 is 0. The third kappa shape index (κ3) is 1.69. The molecular formula is C12H12N2O3. The highest BCUT2D eigenvalue weighted by molar-refractivity contribution is 5.78. The lowest BCUT2D eigenvalue weighted by Gasteiger charge is -2.08. The zero-order chi connectivity index (χ0) is 12.6. The molecule has 0 spiro atoms. The number of aryl methyl sites for hydroxylation is 2. The summed E-state index contributed by atoms with van der Waals surface area (Å²) in [6.07, 6.45) is 0.544. The van der Waals surface area contributed by atoms with Crippen LogP contribution in [0.1, 0.15) is 5.56 Å². The molecule has 0 aliphatic carbocycles. The van der Waals surface area contributed by atoms with E-state index in [4.69, 9.17) is 0 Å². The van der Waals surface area contributed by atoms with E-state index in [1.165, 1.54) is 4.57 Å². The maximum atomic E-state index is 12.0. The van der Waals surface area contributed by atoms with Crippen molar-refractivity contribution in [2.45, 2.75) is 13.5 Å². The van der Waals surface area contributed by atoms with E-state index in [0.29, 0.717) is 17.2 Å². The molecular weight excluding hydrogens is 220 g/mol. The van der Waals surface area contributed by atoms with E-state index in [9.17, 15) is 14.4 Å². The van der Waals surface area contributed by atoms with E-state index in [-0.39, 0.29) is 6.54 Å². The monoisotopic (exact) mass is 232 g/mol. The Morgan fingerprint density at radius 3 is 2.65 bits per heavy atom. The molecule has 0 atom stereocenters. The van der Waals surface area contributed by atoms with Gasteiger partial charge in [0.05, 0.1) is 17.4 Å². The van der Waals surface area contributed by atoms with Gasteiger partial charge in [-0.15, -0.1) is 0 Å². The molecule has 0 saturated heterocycles. The van der Waals surface area contributed by atoms with Gasteiger partial charge >= 0.3 is 5.69 Å². The van der Waals surface area contributed by atoms with Gasteiger partial charge in [-0.05, 0) is 24.6 Å². The van der Waals surface area contributed by atoms with Crippen LogP contribution in [0, 0.1) is 6.92 Å². The van der Waals surface area contributed by atoms with Crippen molar-refractivity contribution in [2.24, 2.45) is 7.05 Å². The third-order valence-corrected chi connectivity index (χ3v) is 2.77. The third-order valence-electron chi connectivity index (χ3n) is 2.77. The zero-order valence-corrected chi connectivity index (χ0v) is 9.64. The van der Waals surface area contributed by atoms with Crippen LogP contribution in [0.4, 0.5) is 0 Å². The summed E-state index contributed by atoms with van der Waals surface area (Å²) in [5.74, 6) is 0. The number of nitrogens with zero attached hydrogens (tertiary/aromatic N) is 2. The highest BCUT2D eigenvalue weighted by Crippen LogP contribution is 2.09. The Labute approximate surface area is 96.9 Å². The average Bonchev–Trinajstić information content (AvgIpc) is 2.32. The lowest BCUT2D eigenvalue weighted by Crippen LogP contribution is -2.39. The molecule has 0 fully saturated rings. The van der Waals surface area contributed by atoms with Crippen LogP contribution in [0.25, 0.3) is 10.9 Å². The van der Waals surface area contributed by atoms with Gasteiger partial charge < -0.3 is 4.79 Å². The summed E-state index contributed by atoms with van der Waals surface area (Å²) in [7, 11) is 1.59. The highest BCUT2D eigenvalue weighted by atomic mass is 16.2. The van der Waals surface area contributed by atoms with Gasteiger partial charge in [-0.2, -0.15) is 0 Å². The van der Waals surface area contributed by atoms with E-state index >= 15 is 0 Å². The maximum absolute atomic E-state index is 12.0. The van der Waals surface area contributed by atoms with Crippen LogP contribution < -0.4 is 11.2 Å². The molecule has 0 unspecified atom stereocenters. The Morgan fingerprint density at radius 1 is 1.29 bits per heavy atom. The fourth-order valence-corrected chi connectivity index (χ4v) is 1.85. The molecule has 0 amide bonds. The zero-order valence-electron chi connectivity index (χ0n) is 9.64. The molecule has 0 saturated carbocycles. The standard InChI is InChI=1S/C12H12N2O3/c1-8-3-4-9-10(7-8)13(2)12(17)14(5-6-15)11(9)16/h3-4,6-7H,5H2,1-2H3. The summed E-state index contributed by atoms with van der Waals surface area (Å²) in [4.78, 5) is 34.3. The topological polar surface area (TPSA) is 61.1 Å². The first-order valence-electron chi connectivity index (χ1n) is 5.20. The van der Waals surface area contributed by atoms with Gasteiger partial charge in [-0.1, -0.05) is 6.07 Å². The van der Waals surface area contributed by atoms with Crippen molar-refractivity contribution >= 4 is 17.2 Å². The maximum Gasteiger partial charge on any atom is 0.331 e. The molecule has 2 aromatic rings. The second kappa shape index (κ2) is 4.01. The molecule has 17 heavy (non-hydrogen) atoms. The first kappa shape index (κ1) is 11.3. The Kier molecular flexibility index (Phi) is 2.67. The SMILES string of the molecule is Cc1ccc2c(=O)n(CC=O)c(=O)n(C)c2c1. The van der Waals surface area contributed by atoms with Crippen molar-refractivity contribution in [1.82, 2.24) is 9.13 Å². The van der Waals surface area contributed by atoms with Crippen LogP contribution in [0.2, 0.25) is 0 Å². The molecule has 1 aromatic carbocycles. The van der Waals surface area contributed by atoms with Gasteiger partial charge in [0.15, 0.2) is 0 Å². The molecule has 88 valence electrons. The van der Waals surface area contributed by atoms with E-state index in [2.05, 4.69) is 0 Å². The number of aromatic nitrogens is 2. The van der Waals surface area contributed by atoms with Crippen molar-refractivity contribution < 1.29 is 4.79 Å². The summed E-state index contributed by atoms with van der Waals surface area (Å²) < 4.78 is 2.32. The second-order valence-electron chi connectivity index (χ2n) is 3.94. The molecule has 0 aliphatic rings. The molecule has 1 aromatic heterocycles. The van der Waals surface area contributed by atoms with Crippen LogP contribution in [-0.2, 0) is 18.4 Å². The van der Waals surface area contributed by atoms with Crippen LogP contribution in [0.3, 0.4) is 0 Å². The number of benzene rings is 1. The predicted octanol–water partition coefficient (Wildman–Crippen LogP) is 0.208. The van der Waals surface area contributed by atoms with E-state index in [1.54, 1.807) is 25.2 Å². The first-order chi connectivity index (χ1) is 8.06. The van der Waals surface area contributed by atoms with Gasteiger partial charge in [0.1, 0.15) is 6.29 Å². The molecule has 5 heteroatoms. The smallest absolute Gasteiger partial charge is 0.301 e. The summed E-state index contributed by atoms with van der Waals surface area (Å²) in [6.45, 7) is 1.68. The minimum absolute atomic E-state index is 0.213. The van der Waals surface area contributed by atoms with Crippen molar-refractivity contribution in [2.75, 3.05) is 0 Å². The molecule has 0 N–H and O–H groups in total. The van der Waals surface area contributed by atoms with Crippen molar-refractivity contribution in [3.05, 3.63) is 44.6 Å². The van der Waals surface area contributed by atoms with Gasteiger partial charge in [-0.25, -0.2) is 4.79 Å². The Bertz CT molecular complexity index is 710. The minimum Gasteiger partial charge on any atom is -0.301 e. The number of carbonyl (C=O) groups excluding carboxylic acids is 1. The number of rotatable bonds is 2. The van der Waals surface area contributed by atoms with Gasteiger partial charge in [-0.3, -0.25) is 13.9 Å². The van der Waals surface area contributed by atoms with Crippen LogP contribution in [0.15, 0.2) is 27.8 Å². The lowest BCUT2D eigenvalue weighted by molar-refractivity contribution is -0.108. The molecule has 0 radical (unpaired) electrons. The lowest BCUT2D eigenvalue weighted by atomic mass is 10.2. The fourth-order valence-electron chi connectivity index (χ4n) is 1.85. The summed E-state index contributed by atoms with van der Waals surface area (Å²) in [5, 5.41) is 0.444. The Balaban J connectivity index is 3.00. The Hall–Kier alpha value is -2.17. The van der Waals surface area contributed by atoms with Gasteiger partial charge in [0.2, 0.25) is 0 Å². The summed E-state index contributed by atoms with van der Waals surface area (Å²) in [6, 6.07) is 5.26. The van der Waals surface area contributed by atoms with Crippen molar-refractivity contribution in [1.29, 1.82) is 0 Å². The average molecular weight is 232 g/mol. The fraction of sp³-hybridized carbons (Fsp3) is 0.250. The molecule has 2 rings (SSSR count). The molecule has 1 heterocycles. The predicted molar refractivity (Wildman–Crippen MR) is 64.2 cm³/mol. The normalized spacial score (nSPS) is 10.7. The highest BCUT2D eigenvalue weighted by Gasteiger charge is 2.10. The van der Waals surface area contributed by atoms with Crippen LogP contribution in [-0.4, -0.2) is 15.4 Å². The van der Waals surface area contributed by atoms with Crippen molar-refractivity contribution in [3.63, 3.8) is 0 Å². The van der Waals surface area contributed by atoms with Gasteiger partial charge in [0, 0.05) is 7.05 Å². The van der Waals surface area contributed by atoms with Gasteiger partial charge in [0.25, 0.3) is 5.56 Å². The van der Waals surface area contributed by atoms with Crippen LogP contribution in [0.5, 0.6) is 0 Å². The Morgan fingerprint density at radius 2 is 2.00 bits per heavy atom. The molecule has 0 aliphatic heterocycles. The van der Waals surface area contributed by atoms with Crippen molar-refractivity contribution in [3.8, 4) is 0 Å². The largest absolute Gasteiger partial charge is 0.331 e. The number of carbonyl (C=O) groups is 1. The van der Waals surface area contributed by atoms with E-state index in [0.717, 1.165) is 10.1 Å². The first-order valence-corrected chi connectivity index (χ1v) is 5.20. The quantitative estimate of drug-likeness (QED) is 0.695. The van der Waals surface area contributed by atoms with E-state index in [1.807, 2.05) is 6.92 Å². The second-order valence-corrected chi connectivity index (χ2v) is 3.94. The number of aldehydes is 1. The summed E-state index contributed by atoms with van der Waals surface area (Å²) in [5.41, 5.74) is 0.664. The number of hydrogen-bond acceptors (Lipinski definition) is 3. The molecule has 5 nitrogen and oxygen atoms in total. The molecule has 0 bridgehead atoms. The number of hydrogen-bond donors (Lipinski definition) is 0.